The summed E-state index contributed by atoms with van der Waals surface area (Å²) >= 11 is 0. The molecule has 0 fully saturated rings. The van der Waals surface area contributed by atoms with E-state index >= 15 is 0 Å². The van der Waals surface area contributed by atoms with Gasteiger partial charge in [-0.25, -0.2) is 8.42 Å². The Morgan fingerprint density at radius 3 is 1.13 bits per heavy atom. The Hall–Kier alpha value is -2.13. The van der Waals surface area contributed by atoms with E-state index in [0.29, 0.717) is 0 Å². The monoisotopic (exact) mass is 771 g/mol. The van der Waals surface area contributed by atoms with Gasteiger partial charge in [0.2, 0.25) is 0 Å². The maximum absolute atomic E-state index is 14.6. The van der Waals surface area contributed by atoms with Crippen LogP contribution in [0.3, 0.4) is 0 Å². The molecule has 0 saturated carbocycles. The molecule has 47 heavy (non-hydrogen) atoms. The number of alkyl halides is 21. The lowest BCUT2D eigenvalue weighted by molar-refractivity contribution is -0.870. The second kappa shape index (κ2) is 12.3. The van der Waals surface area contributed by atoms with Crippen molar-refractivity contribution < 1.29 is 115 Å². The number of carboxylic acids is 1. The van der Waals surface area contributed by atoms with Gasteiger partial charge in [-0.05, 0) is 0 Å². The van der Waals surface area contributed by atoms with Crippen LogP contribution in [0.2, 0.25) is 0 Å². The first kappa shape index (κ1) is 44.9. The summed E-state index contributed by atoms with van der Waals surface area (Å²) in [5.41, 5.74) is 0. The van der Waals surface area contributed by atoms with E-state index in [-0.39, 0.29) is 11.0 Å². The summed E-state index contributed by atoms with van der Waals surface area (Å²) in [5.74, 6) is -75.0. The van der Waals surface area contributed by atoms with E-state index in [0.717, 1.165) is 0 Å². The minimum absolute atomic E-state index is 0.217. The van der Waals surface area contributed by atoms with Crippen LogP contribution < -0.4 is 0 Å². The molecule has 0 aromatic rings. The SMILES string of the molecule is C[N+](C)(C)CCCN(CCC(=O)O)S(=O)(=O)C(F)(F)C(F)(F)C(F)(F)C(F)(F)C(F)(F)C(F)(F)C(F)(F)C(F)(F)C(F)(F)C(F)(F)F. The summed E-state index contributed by atoms with van der Waals surface area (Å²) in [6.45, 7) is -3.78. The molecular weight excluding hydrogens is 751 g/mol. The Kier molecular flexibility index (Phi) is 11.8. The fourth-order valence-electron chi connectivity index (χ4n) is 3.16. The predicted octanol–water partition coefficient (Wildman–Crippen LogP) is 6.43. The quantitative estimate of drug-likeness (QED) is 0.137. The summed E-state index contributed by atoms with van der Waals surface area (Å²) in [5, 5.41) is 0.666. The highest BCUT2D eigenvalue weighted by molar-refractivity contribution is 7.90. The third-order valence-electron chi connectivity index (χ3n) is 5.96. The minimum Gasteiger partial charge on any atom is -0.481 e. The highest BCUT2D eigenvalue weighted by Crippen LogP contribution is 2.66. The van der Waals surface area contributed by atoms with Gasteiger partial charge < -0.3 is 9.59 Å². The molecule has 28 heteroatoms. The van der Waals surface area contributed by atoms with E-state index in [1.54, 1.807) is 0 Å². The standard InChI is InChI=1S/C19H19F21N2O4S/c1-42(2,3)8-4-6-41(7-5-9(43)44)47(45,46)19(39,40)17(34,35)15(30,31)13(26,27)11(22,23)10(20,21)12(24,25)14(28,29)16(32,33)18(36,37)38/h4-8H2,1-3H3/p+1. The summed E-state index contributed by atoms with van der Waals surface area (Å²) < 4.78 is 309. The fourth-order valence-corrected chi connectivity index (χ4v) is 4.64. The van der Waals surface area contributed by atoms with Gasteiger partial charge in [-0.2, -0.15) is 96.5 Å². The number of carbonyl (C=O) groups is 1. The summed E-state index contributed by atoms with van der Waals surface area (Å²) in [4.78, 5) is 10.7. The van der Waals surface area contributed by atoms with Gasteiger partial charge in [-0.1, -0.05) is 0 Å². The van der Waals surface area contributed by atoms with Gasteiger partial charge in [0.05, 0.1) is 34.1 Å². The topological polar surface area (TPSA) is 74.7 Å². The molecule has 0 bridgehead atoms. The molecule has 0 aromatic carbocycles. The first-order valence-electron chi connectivity index (χ1n) is 11.5. The van der Waals surface area contributed by atoms with Gasteiger partial charge >= 0.3 is 64.8 Å². The Bertz CT molecular complexity index is 1240. The molecule has 0 aliphatic carbocycles. The maximum Gasteiger partial charge on any atom is 0.460 e. The van der Waals surface area contributed by atoms with Gasteiger partial charge in [0.1, 0.15) is 0 Å². The normalized spacial score (nSPS) is 16.2. The molecule has 282 valence electrons. The number of nitrogens with zero attached hydrogens (tertiary/aromatic N) is 2. The molecule has 0 radical (unpaired) electrons. The van der Waals surface area contributed by atoms with Crippen molar-refractivity contribution >= 4 is 16.0 Å². The number of rotatable bonds is 17. The van der Waals surface area contributed by atoms with Crippen molar-refractivity contribution in [3.05, 3.63) is 0 Å². The van der Waals surface area contributed by atoms with E-state index in [1.807, 2.05) is 0 Å². The molecule has 0 aliphatic heterocycles. The first-order chi connectivity index (χ1) is 20.0. The Balaban J connectivity index is 7.28. The number of hydrogen-bond donors (Lipinski definition) is 1. The molecule has 0 saturated heterocycles. The van der Waals surface area contributed by atoms with E-state index in [1.165, 1.54) is 21.1 Å². The molecule has 0 rings (SSSR count). The summed E-state index contributed by atoms with van der Waals surface area (Å²) in [6, 6.07) is 0. The second-order valence-electron chi connectivity index (χ2n) is 10.5. The van der Waals surface area contributed by atoms with Crippen molar-refractivity contribution in [2.24, 2.45) is 0 Å². The zero-order valence-corrected chi connectivity index (χ0v) is 23.8. The average molecular weight is 771 g/mol. The van der Waals surface area contributed by atoms with Gasteiger partial charge in [0.15, 0.2) is 0 Å². The molecule has 0 amide bonds. The molecule has 0 unspecified atom stereocenters. The first-order valence-corrected chi connectivity index (χ1v) is 13.0. The van der Waals surface area contributed by atoms with Crippen molar-refractivity contribution in [1.82, 2.24) is 4.31 Å². The molecule has 0 aromatic heterocycles. The highest BCUT2D eigenvalue weighted by atomic mass is 32.2. The van der Waals surface area contributed by atoms with Crippen LogP contribution in [0.1, 0.15) is 12.8 Å². The van der Waals surface area contributed by atoms with Crippen molar-refractivity contribution in [2.45, 2.75) is 71.7 Å². The molecule has 0 heterocycles. The summed E-state index contributed by atoms with van der Waals surface area (Å²) in [7, 11) is -3.82. The zero-order valence-electron chi connectivity index (χ0n) is 22.9. The van der Waals surface area contributed by atoms with E-state index < -0.39 is 105 Å². The van der Waals surface area contributed by atoms with Crippen molar-refractivity contribution in [3.8, 4) is 0 Å². The fraction of sp³-hybridized carbons (Fsp3) is 0.947. The van der Waals surface area contributed by atoms with Crippen LogP contribution in [-0.4, -0.2) is 128 Å². The number of aliphatic carboxylic acids is 1. The van der Waals surface area contributed by atoms with Crippen LogP contribution in [0.25, 0.3) is 0 Å². The van der Waals surface area contributed by atoms with E-state index in [4.69, 9.17) is 5.11 Å². The molecule has 6 nitrogen and oxygen atoms in total. The number of sulfonamides is 1. The van der Waals surface area contributed by atoms with Crippen LogP contribution in [0.5, 0.6) is 0 Å². The number of hydrogen-bond acceptors (Lipinski definition) is 3. The molecule has 1 N–H and O–H groups in total. The van der Waals surface area contributed by atoms with Crippen molar-refractivity contribution in [3.63, 3.8) is 0 Å². The zero-order chi connectivity index (χ0) is 38.7. The van der Waals surface area contributed by atoms with Crippen LogP contribution in [0, 0.1) is 0 Å². The van der Waals surface area contributed by atoms with Gasteiger partial charge in [0, 0.05) is 19.5 Å². The largest absolute Gasteiger partial charge is 0.481 e. The number of quaternary nitrogens is 1. The third kappa shape index (κ3) is 6.86. The predicted molar refractivity (Wildman–Crippen MR) is 111 cm³/mol. The smallest absolute Gasteiger partial charge is 0.460 e. The lowest BCUT2D eigenvalue weighted by Gasteiger charge is -2.44. The van der Waals surface area contributed by atoms with Crippen LogP contribution in [0.15, 0.2) is 0 Å². The number of halogens is 21. The Morgan fingerprint density at radius 2 is 0.851 bits per heavy atom. The minimum atomic E-state index is -9.42. The highest BCUT2D eigenvalue weighted by Gasteiger charge is 2.98. The Labute approximate surface area is 248 Å². The average Bonchev–Trinajstić information content (AvgIpc) is 2.83. The van der Waals surface area contributed by atoms with Gasteiger partial charge in [-0.3, -0.25) is 4.79 Å². The van der Waals surface area contributed by atoms with Crippen LogP contribution in [0.4, 0.5) is 92.2 Å². The van der Waals surface area contributed by atoms with E-state index in [2.05, 4.69) is 0 Å². The van der Waals surface area contributed by atoms with Gasteiger partial charge in [0.25, 0.3) is 10.0 Å². The summed E-state index contributed by atoms with van der Waals surface area (Å²) in [6.07, 6.45) is -10.5. The lowest BCUT2D eigenvalue weighted by Crippen LogP contribution is -2.77. The molecule has 0 aliphatic rings. The van der Waals surface area contributed by atoms with Crippen LogP contribution in [-0.2, 0) is 14.8 Å². The molecule has 0 spiro atoms. The molecular formula is C19H20F21N2O4S+. The third-order valence-corrected chi connectivity index (χ3v) is 7.91. The lowest BCUT2D eigenvalue weighted by atomic mass is 9.87. The number of carboxylic acid groups (broad SMARTS) is 1. The van der Waals surface area contributed by atoms with Crippen molar-refractivity contribution in [2.75, 3.05) is 40.8 Å². The Morgan fingerprint density at radius 1 is 0.553 bits per heavy atom. The van der Waals surface area contributed by atoms with E-state index in [9.17, 15) is 105 Å². The van der Waals surface area contributed by atoms with Gasteiger partial charge in [-0.15, -0.1) is 0 Å². The van der Waals surface area contributed by atoms with Crippen LogP contribution >= 0.6 is 0 Å². The second-order valence-corrected chi connectivity index (χ2v) is 12.5. The maximum atomic E-state index is 14.6. The molecule has 0 atom stereocenters. The van der Waals surface area contributed by atoms with Crippen molar-refractivity contribution in [1.29, 1.82) is 0 Å².